The molecule has 0 saturated carbocycles. The van der Waals surface area contributed by atoms with Gasteiger partial charge in [-0.1, -0.05) is 26.8 Å². The van der Waals surface area contributed by atoms with E-state index < -0.39 is 5.41 Å². The van der Waals surface area contributed by atoms with Crippen molar-refractivity contribution in [2.75, 3.05) is 31.0 Å². The van der Waals surface area contributed by atoms with Crippen LogP contribution in [0.3, 0.4) is 0 Å². The lowest BCUT2D eigenvalue weighted by atomic mass is 9.95. The van der Waals surface area contributed by atoms with Crippen molar-refractivity contribution in [1.82, 2.24) is 5.32 Å². The van der Waals surface area contributed by atoms with Gasteiger partial charge in [-0.25, -0.2) is 0 Å². The Labute approximate surface area is 196 Å². The van der Waals surface area contributed by atoms with E-state index in [2.05, 4.69) is 31.9 Å². The SMILES string of the molecule is COCCOc1ccc(C(=O)NC(=S)Nc2cccc(NC(=O)C(C)(C)C)c2)cc1Br. The number of anilines is 2. The largest absolute Gasteiger partial charge is 0.490 e. The van der Waals surface area contributed by atoms with Crippen molar-refractivity contribution in [1.29, 1.82) is 0 Å². The normalized spacial score (nSPS) is 10.9. The van der Waals surface area contributed by atoms with E-state index in [0.29, 0.717) is 40.4 Å². The zero-order valence-corrected chi connectivity index (χ0v) is 20.3. The predicted molar refractivity (Wildman–Crippen MR) is 130 cm³/mol. The summed E-state index contributed by atoms with van der Waals surface area (Å²) in [6.07, 6.45) is 0. The summed E-state index contributed by atoms with van der Waals surface area (Å²) in [6.45, 7) is 6.39. The first-order chi connectivity index (χ1) is 14.6. The maximum absolute atomic E-state index is 12.5. The van der Waals surface area contributed by atoms with Gasteiger partial charge in [-0.15, -0.1) is 0 Å². The average Bonchev–Trinajstić information content (AvgIpc) is 2.68. The Bertz CT molecular complexity index is 960. The second-order valence-electron chi connectivity index (χ2n) is 7.68. The zero-order valence-electron chi connectivity index (χ0n) is 17.9. The Kier molecular flexibility index (Phi) is 8.97. The zero-order chi connectivity index (χ0) is 23.0. The highest BCUT2D eigenvalue weighted by Gasteiger charge is 2.21. The van der Waals surface area contributed by atoms with Gasteiger partial charge in [0, 0.05) is 29.5 Å². The van der Waals surface area contributed by atoms with Crippen molar-refractivity contribution in [2.24, 2.45) is 5.41 Å². The van der Waals surface area contributed by atoms with Gasteiger partial charge >= 0.3 is 0 Å². The van der Waals surface area contributed by atoms with Crippen LogP contribution < -0.4 is 20.7 Å². The Morgan fingerprint density at radius 2 is 1.71 bits per heavy atom. The molecule has 0 spiro atoms. The standard InChI is InChI=1S/C22H26BrN3O4S/c1-22(2,3)20(28)24-15-6-5-7-16(13-15)25-21(31)26-19(27)14-8-9-18(17(23)12-14)30-11-10-29-4/h5-9,12-13H,10-11H2,1-4H3,(H,24,28)(H2,25,26,27,31). The second-order valence-corrected chi connectivity index (χ2v) is 8.94. The third-order valence-corrected chi connectivity index (χ3v) is 4.85. The first-order valence-corrected chi connectivity index (χ1v) is 10.8. The van der Waals surface area contributed by atoms with Gasteiger partial charge in [-0.3, -0.25) is 14.9 Å². The van der Waals surface area contributed by atoms with Crippen LogP contribution >= 0.6 is 28.1 Å². The number of hydrogen-bond donors (Lipinski definition) is 3. The first-order valence-electron chi connectivity index (χ1n) is 9.55. The molecular weight excluding hydrogens is 482 g/mol. The number of carbonyl (C=O) groups is 2. The Morgan fingerprint density at radius 3 is 2.32 bits per heavy atom. The van der Waals surface area contributed by atoms with Crippen LogP contribution in [-0.4, -0.2) is 37.3 Å². The molecule has 0 aliphatic carbocycles. The third-order valence-electron chi connectivity index (χ3n) is 4.03. The van der Waals surface area contributed by atoms with Gasteiger partial charge < -0.3 is 20.1 Å². The van der Waals surface area contributed by atoms with Crippen molar-refractivity contribution in [3.05, 3.63) is 52.5 Å². The molecule has 0 aliphatic rings. The molecule has 0 aliphatic heterocycles. The Morgan fingerprint density at radius 1 is 1.03 bits per heavy atom. The van der Waals surface area contributed by atoms with Crippen LogP contribution in [0.2, 0.25) is 0 Å². The predicted octanol–water partition coefficient (Wildman–Crippen LogP) is 4.59. The quantitative estimate of drug-likeness (QED) is 0.375. The van der Waals surface area contributed by atoms with Crippen molar-refractivity contribution >= 4 is 56.4 Å². The number of ether oxygens (including phenoxy) is 2. The molecule has 2 aromatic rings. The minimum absolute atomic E-state index is 0.0965. The smallest absolute Gasteiger partial charge is 0.257 e. The van der Waals surface area contributed by atoms with E-state index in [1.807, 2.05) is 20.8 Å². The van der Waals surface area contributed by atoms with E-state index in [4.69, 9.17) is 21.7 Å². The third kappa shape index (κ3) is 7.93. The van der Waals surface area contributed by atoms with Gasteiger partial charge in [0.05, 0.1) is 11.1 Å². The van der Waals surface area contributed by atoms with Crippen LogP contribution in [0.1, 0.15) is 31.1 Å². The number of methoxy groups -OCH3 is 1. The second kappa shape index (κ2) is 11.2. The Hall–Kier alpha value is -2.49. The summed E-state index contributed by atoms with van der Waals surface area (Å²) in [6, 6.07) is 12.1. The van der Waals surface area contributed by atoms with Crippen LogP contribution in [-0.2, 0) is 9.53 Å². The fourth-order valence-corrected chi connectivity index (χ4v) is 3.03. The molecule has 2 aromatic carbocycles. The van der Waals surface area contributed by atoms with Crippen LogP contribution in [0.15, 0.2) is 46.9 Å². The minimum atomic E-state index is -0.509. The highest BCUT2D eigenvalue weighted by molar-refractivity contribution is 9.10. The molecule has 0 fully saturated rings. The lowest BCUT2D eigenvalue weighted by Crippen LogP contribution is -2.34. The van der Waals surface area contributed by atoms with E-state index in [1.165, 1.54) is 0 Å². The monoisotopic (exact) mass is 507 g/mol. The van der Waals surface area contributed by atoms with Crippen molar-refractivity contribution in [3.63, 3.8) is 0 Å². The van der Waals surface area contributed by atoms with Gasteiger partial charge in [-0.2, -0.15) is 0 Å². The molecular formula is C22H26BrN3O4S. The number of hydrogen-bond acceptors (Lipinski definition) is 5. The summed E-state index contributed by atoms with van der Waals surface area (Å²) >= 11 is 8.65. The molecule has 3 N–H and O–H groups in total. The number of amides is 2. The Balaban J connectivity index is 1.96. The fraction of sp³-hybridized carbons (Fsp3) is 0.318. The number of carbonyl (C=O) groups excluding carboxylic acids is 2. The molecule has 0 atom stereocenters. The molecule has 2 rings (SSSR count). The van der Waals surface area contributed by atoms with Crippen molar-refractivity contribution in [3.8, 4) is 5.75 Å². The topological polar surface area (TPSA) is 88.7 Å². The van der Waals surface area contributed by atoms with E-state index in [0.717, 1.165) is 0 Å². The molecule has 0 aromatic heterocycles. The maximum Gasteiger partial charge on any atom is 0.257 e. The number of thiocarbonyl (C=S) groups is 1. The number of nitrogens with one attached hydrogen (secondary N) is 3. The molecule has 0 unspecified atom stereocenters. The summed E-state index contributed by atoms with van der Waals surface area (Å²) in [5.41, 5.74) is 1.18. The van der Waals surface area contributed by atoms with Crippen LogP contribution in [0, 0.1) is 5.41 Å². The molecule has 2 amide bonds. The molecule has 9 heteroatoms. The summed E-state index contributed by atoms with van der Waals surface area (Å²) < 4.78 is 11.2. The first kappa shape index (κ1) is 24.8. The van der Waals surface area contributed by atoms with E-state index >= 15 is 0 Å². The number of halogens is 1. The van der Waals surface area contributed by atoms with Gasteiger partial charge in [0.15, 0.2) is 5.11 Å². The number of benzene rings is 2. The van der Waals surface area contributed by atoms with Gasteiger partial charge in [0.25, 0.3) is 5.91 Å². The lowest BCUT2D eigenvalue weighted by molar-refractivity contribution is -0.123. The minimum Gasteiger partial charge on any atom is -0.490 e. The van der Waals surface area contributed by atoms with Crippen LogP contribution in [0.25, 0.3) is 0 Å². The van der Waals surface area contributed by atoms with Gasteiger partial charge in [-0.05, 0) is 64.5 Å². The molecule has 166 valence electrons. The van der Waals surface area contributed by atoms with Crippen LogP contribution in [0.4, 0.5) is 11.4 Å². The highest BCUT2D eigenvalue weighted by Crippen LogP contribution is 2.26. The maximum atomic E-state index is 12.5. The molecule has 31 heavy (non-hydrogen) atoms. The highest BCUT2D eigenvalue weighted by atomic mass is 79.9. The fourth-order valence-electron chi connectivity index (χ4n) is 2.33. The molecule has 0 bridgehead atoms. The van der Waals surface area contributed by atoms with E-state index in [1.54, 1.807) is 49.6 Å². The average molecular weight is 508 g/mol. The lowest BCUT2D eigenvalue weighted by Gasteiger charge is -2.18. The van der Waals surface area contributed by atoms with Crippen molar-refractivity contribution < 1.29 is 19.1 Å². The molecule has 0 saturated heterocycles. The molecule has 0 heterocycles. The summed E-state index contributed by atoms with van der Waals surface area (Å²) in [7, 11) is 1.60. The van der Waals surface area contributed by atoms with Gasteiger partial charge in [0.2, 0.25) is 5.91 Å². The summed E-state index contributed by atoms with van der Waals surface area (Å²) in [5, 5.41) is 8.59. The number of rotatable bonds is 7. The summed E-state index contributed by atoms with van der Waals surface area (Å²) in [4.78, 5) is 24.7. The molecule has 0 radical (unpaired) electrons. The van der Waals surface area contributed by atoms with E-state index in [-0.39, 0.29) is 16.9 Å². The van der Waals surface area contributed by atoms with E-state index in [9.17, 15) is 9.59 Å². The summed E-state index contributed by atoms with van der Waals surface area (Å²) in [5.74, 6) is 0.156. The molecule has 7 nitrogen and oxygen atoms in total. The van der Waals surface area contributed by atoms with Crippen molar-refractivity contribution in [2.45, 2.75) is 20.8 Å². The van der Waals surface area contributed by atoms with Crippen LogP contribution in [0.5, 0.6) is 5.75 Å². The van der Waals surface area contributed by atoms with Gasteiger partial charge in [0.1, 0.15) is 12.4 Å².